The monoisotopic (exact) mass is 245 g/mol. The fourth-order valence-corrected chi connectivity index (χ4v) is 2.23. The highest BCUT2D eigenvalue weighted by Gasteiger charge is 2.25. The number of nitrogens with two attached hydrogens (primary N) is 1. The molecule has 0 fully saturated rings. The highest BCUT2D eigenvalue weighted by Crippen LogP contribution is 2.34. The Labute approximate surface area is 109 Å². The lowest BCUT2D eigenvalue weighted by molar-refractivity contribution is 0.263. The van der Waals surface area contributed by atoms with Crippen molar-refractivity contribution in [3.05, 3.63) is 24.0 Å². The van der Waals surface area contributed by atoms with Gasteiger partial charge >= 0.3 is 0 Å². The van der Waals surface area contributed by atoms with Crippen molar-refractivity contribution >= 4 is 16.7 Å². The Bertz CT molecular complexity index is 561. The van der Waals surface area contributed by atoms with E-state index in [4.69, 9.17) is 10.7 Å². The van der Waals surface area contributed by atoms with E-state index in [0.717, 1.165) is 23.4 Å². The average molecular weight is 245 g/mol. The SMILES string of the molecule is CCc1nc2cc(N)ccc2n1C(C)C(C)(C)C. The zero-order valence-corrected chi connectivity index (χ0v) is 12.0. The molecule has 0 radical (unpaired) electrons. The molecule has 1 aromatic carbocycles. The number of rotatable bonds is 2. The summed E-state index contributed by atoms with van der Waals surface area (Å²) in [4.78, 5) is 4.71. The molecule has 0 bridgehead atoms. The maximum Gasteiger partial charge on any atom is 0.109 e. The lowest BCUT2D eigenvalue weighted by Crippen LogP contribution is -2.23. The minimum atomic E-state index is 0.207. The lowest BCUT2D eigenvalue weighted by Gasteiger charge is -2.30. The molecule has 18 heavy (non-hydrogen) atoms. The Balaban J connectivity index is 2.68. The molecule has 0 aliphatic carbocycles. The van der Waals surface area contributed by atoms with Crippen LogP contribution < -0.4 is 5.73 Å². The summed E-state index contributed by atoms with van der Waals surface area (Å²) in [5.41, 5.74) is 9.01. The fraction of sp³-hybridized carbons (Fsp3) is 0.533. The molecule has 1 atom stereocenters. The summed E-state index contributed by atoms with van der Waals surface area (Å²) in [5, 5.41) is 0. The molecule has 0 spiro atoms. The number of nitrogen functional groups attached to an aromatic ring is 1. The van der Waals surface area contributed by atoms with E-state index in [1.54, 1.807) is 0 Å². The molecule has 0 saturated carbocycles. The van der Waals surface area contributed by atoms with Gasteiger partial charge in [0.2, 0.25) is 0 Å². The molecular weight excluding hydrogens is 222 g/mol. The molecule has 2 rings (SSSR count). The molecule has 0 aliphatic rings. The maximum atomic E-state index is 5.84. The van der Waals surface area contributed by atoms with Crippen LogP contribution in [0.15, 0.2) is 18.2 Å². The second-order valence-corrected chi connectivity index (χ2v) is 6.04. The van der Waals surface area contributed by atoms with Gasteiger partial charge in [0.25, 0.3) is 0 Å². The third-order valence-corrected chi connectivity index (χ3v) is 3.74. The number of aryl methyl sites for hydroxylation is 1. The van der Waals surface area contributed by atoms with Crippen molar-refractivity contribution in [1.29, 1.82) is 0 Å². The fourth-order valence-electron chi connectivity index (χ4n) is 2.23. The van der Waals surface area contributed by atoms with Crippen LogP contribution in [0, 0.1) is 5.41 Å². The molecule has 3 nitrogen and oxygen atoms in total. The molecule has 2 aromatic rings. The molecule has 98 valence electrons. The quantitative estimate of drug-likeness (QED) is 0.818. The zero-order valence-electron chi connectivity index (χ0n) is 12.0. The van der Waals surface area contributed by atoms with E-state index < -0.39 is 0 Å². The first kappa shape index (κ1) is 12.9. The summed E-state index contributed by atoms with van der Waals surface area (Å²) < 4.78 is 2.36. The topological polar surface area (TPSA) is 43.8 Å². The Morgan fingerprint density at radius 2 is 2.00 bits per heavy atom. The van der Waals surface area contributed by atoms with Crippen LogP contribution in [0.25, 0.3) is 11.0 Å². The first-order valence-corrected chi connectivity index (χ1v) is 6.61. The molecular formula is C15H23N3. The smallest absolute Gasteiger partial charge is 0.109 e. The highest BCUT2D eigenvalue weighted by molar-refractivity contribution is 5.79. The predicted octanol–water partition coefficient (Wildman–Crippen LogP) is 3.79. The summed E-state index contributed by atoms with van der Waals surface area (Å²) in [6, 6.07) is 6.40. The molecule has 0 amide bonds. The largest absolute Gasteiger partial charge is 0.399 e. The van der Waals surface area contributed by atoms with Gasteiger partial charge in [-0.3, -0.25) is 0 Å². The molecule has 3 heteroatoms. The van der Waals surface area contributed by atoms with Gasteiger partial charge in [-0.25, -0.2) is 4.98 Å². The standard InChI is InChI=1S/C15H23N3/c1-6-14-17-12-9-11(16)7-8-13(12)18(14)10(2)15(3,4)5/h7-10H,6,16H2,1-5H3. The normalized spacial score (nSPS) is 14.1. The van der Waals surface area contributed by atoms with Crippen LogP contribution in [-0.2, 0) is 6.42 Å². The molecule has 1 aromatic heterocycles. The third-order valence-electron chi connectivity index (χ3n) is 3.74. The van der Waals surface area contributed by atoms with E-state index in [0.29, 0.717) is 6.04 Å². The van der Waals surface area contributed by atoms with Crippen molar-refractivity contribution in [3.63, 3.8) is 0 Å². The summed E-state index contributed by atoms with van der Waals surface area (Å²) in [7, 11) is 0. The molecule has 1 unspecified atom stereocenters. The summed E-state index contributed by atoms with van der Waals surface area (Å²) in [6.45, 7) is 11.2. The Kier molecular flexibility index (Phi) is 3.09. The number of hydrogen-bond acceptors (Lipinski definition) is 2. The number of nitrogens with zero attached hydrogens (tertiary/aromatic N) is 2. The number of benzene rings is 1. The van der Waals surface area contributed by atoms with Crippen LogP contribution in [0.1, 0.15) is 46.5 Å². The Hall–Kier alpha value is -1.51. The van der Waals surface area contributed by atoms with Gasteiger partial charge in [0, 0.05) is 18.2 Å². The van der Waals surface area contributed by atoms with E-state index in [1.165, 1.54) is 5.52 Å². The first-order chi connectivity index (χ1) is 8.34. The van der Waals surface area contributed by atoms with Crippen LogP contribution in [0.5, 0.6) is 0 Å². The minimum Gasteiger partial charge on any atom is -0.399 e. The van der Waals surface area contributed by atoms with E-state index in [-0.39, 0.29) is 5.41 Å². The van der Waals surface area contributed by atoms with Crippen molar-refractivity contribution in [1.82, 2.24) is 9.55 Å². The van der Waals surface area contributed by atoms with Crippen LogP contribution in [0.3, 0.4) is 0 Å². The molecule has 0 aliphatic heterocycles. The van der Waals surface area contributed by atoms with E-state index >= 15 is 0 Å². The van der Waals surface area contributed by atoms with Gasteiger partial charge in [-0.05, 0) is 30.5 Å². The van der Waals surface area contributed by atoms with Gasteiger partial charge < -0.3 is 10.3 Å². The van der Waals surface area contributed by atoms with E-state index in [9.17, 15) is 0 Å². The van der Waals surface area contributed by atoms with Crippen molar-refractivity contribution in [2.45, 2.75) is 47.1 Å². The van der Waals surface area contributed by atoms with Crippen LogP contribution >= 0.6 is 0 Å². The lowest BCUT2D eigenvalue weighted by atomic mass is 9.87. The maximum absolute atomic E-state index is 5.84. The number of aromatic nitrogens is 2. The number of hydrogen-bond donors (Lipinski definition) is 1. The minimum absolute atomic E-state index is 0.207. The van der Waals surface area contributed by atoms with E-state index in [1.807, 2.05) is 12.1 Å². The highest BCUT2D eigenvalue weighted by atomic mass is 15.1. The molecule has 1 heterocycles. The second kappa shape index (κ2) is 4.30. The number of imidazole rings is 1. The summed E-state index contributed by atoms with van der Waals surface area (Å²) in [5.74, 6) is 1.14. The summed E-state index contributed by atoms with van der Waals surface area (Å²) in [6.07, 6.45) is 0.939. The second-order valence-electron chi connectivity index (χ2n) is 6.04. The Morgan fingerprint density at radius 1 is 1.33 bits per heavy atom. The van der Waals surface area contributed by atoms with Crippen LogP contribution in [0.4, 0.5) is 5.69 Å². The van der Waals surface area contributed by atoms with Crippen molar-refractivity contribution in [2.75, 3.05) is 5.73 Å². The van der Waals surface area contributed by atoms with Gasteiger partial charge in [0.05, 0.1) is 11.0 Å². The van der Waals surface area contributed by atoms with Gasteiger partial charge in [0.1, 0.15) is 5.82 Å². The predicted molar refractivity (Wildman–Crippen MR) is 77.7 cm³/mol. The van der Waals surface area contributed by atoms with Gasteiger partial charge in [-0.1, -0.05) is 27.7 Å². The van der Waals surface area contributed by atoms with Crippen molar-refractivity contribution in [2.24, 2.45) is 5.41 Å². The van der Waals surface area contributed by atoms with Crippen LogP contribution in [0.2, 0.25) is 0 Å². The zero-order chi connectivity index (χ0) is 13.5. The van der Waals surface area contributed by atoms with Gasteiger partial charge in [0.15, 0.2) is 0 Å². The molecule has 2 N–H and O–H groups in total. The number of anilines is 1. The van der Waals surface area contributed by atoms with E-state index in [2.05, 4.69) is 45.3 Å². The first-order valence-electron chi connectivity index (χ1n) is 6.61. The third kappa shape index (κ3) is 2.09. The molecule has 0 saturated heterocycles. The van der Waals surface area contributed by atoms with Gasteiger partial charge in [-0.2, -0.15) is 0 Å². The van der Waals surface area contributed by atoms with Crippen molar-refractivity contribution < 1.29 is 0 Å². The number of fused-ring (bicyclic) bond motifs is 1. The van der Waals surface area contributed by atoms with Crippen LogP contribution in [-0.4, -0.2) is 9.55 Å². The Morgan fingerprint density at radius 3 is 2.56 bits per heavy atom. The summed E-state index contributed by atoms with van der Waals surface area (Å²) >= 11 is 0. The average Bonchev–Trinajstić information content (AvgIpc) is 2.63. The van der Waals surface area contributed by atoms with Gasteiger partial charge in [-0.15, -0.1) is 0 Å². The van der Waals surface area contributed by atoms with Crippen molar-refractivity contribution in [3.8, 4) is 0 Å².